The third-order valence-electron chi connectivity index (χ3n) is 2.47. The highest BCUT2D eigenvalue weighted by Crippen LogP contribution is 2.14. The number of rotatable bonds is 7. The van der Waals surface area contributed by atoms with Crippen molar-refractivity contribution in [2.24, 2.45) is 11.1 Å². The van der Waals surface area contributed by atoms with E-state index in [0.717, 1.165) is 0 Å². The highest BCUT2D eigenvalue weighted by atomic mass is 16.4. The zero-order chi connectivity index (χ0) is 14.3. The van der Waals surface area contributed by atoms with Crippen LogP contribution in [-0.4, -0.2) is 28.9 Å². The molecule has 5 N–H and O–H groups in total. The Kier molecular flexibility index (Phi) is 6.36. The maximum atomic E-state index is 11.7. The smallest absolute Gasteiger partial charge is 0.326 e. The molecule has 1 atom stereocenters. The van der Waals surface area contributed by atoms with E-state index in [2.05, 4.69) is 5.32 Å². The summed E-state index contributed by atoms with van der Waals surface area (Å²) < 4.78 is 0. The van der Waals surface area contributed by atoms with Gasteiger partial charge in [0.25, 0.3) is 0 Å². The first-order chi connectivity index (χ1) is 8.14. The van der Waals surface area contributed by atoms with Gasteiger partial charge in [0.05, 0.1) is 5.84 Å². The van der Waals surface area contributed by atoms with Crippen LogP contribution in [0.25, 0.3) is 0 Å². The number of amidine groups is 1. The molecule has 0 saturated carbocycles. The fourth-order valence-electron chi connectivity index (χ4n) is 1.30. The van der Waals surface area contributed by atoms with Gasteiger partial charge in [0.15, 0.2) is 0 Å². The predicted octanol–water partition coefficient (Wildman–Crippen LogP) is 1.10. The molecule has 0 spiro atoms. The van der Waals surface area contributed by atoms with Crippen LogP contribution in [-0.2, 0) is 9.59 Å². The summed E-state index contributed by atoms with van der Waals surface area (Å²) in [4.78, 5) is 22.7. The van der Waals surface area contributed by atoms with Crippen LogP contribution in [0.5, 0.6) is 0 Å². The molecule has 104 valence electrons. The van der Waals surface area contributed by atoms with Crippen LogP contribution in [0, 0.1) is 10.8 Å². The molecule has 0 aliphatic carbocycles. The molecule has 0 bridgehead atoms. The van der Waals surface area contributed by atoms with E-state index in [9.17, 15) is 9.59 Å². The monoisotopic (exact) mass is 257 g/mol. The normalized spacial score (nSPS) is 12.8. The van der Waals surface area contributed by atoms with Gasteiger partial charge in [-0.2, -0.15) is 0 Å². The summed E-state index contributed by atoms with van der Waals surface area (Å²) in [5.74, 6) is -1.21. The van der Waals surface area contributed by atoms with Crippen LogP contribution < -0.4 is 11.1 Å². The number of carbonyl (C=O) groups excluding carboxylic acids is 1. The molecule has 1 amide bonds. The van der Waals surface area contributed by atoms with Gasteiger partial charge in [0, 0.05) is 11.8 Å². The van der Waals surface area contributed by atoms with Crippen LogP contribution in [0.2, 0.25) is 0 Å². The molecule has 0 radical (unpaired) electrons. The topological polar surface area (TPSA) is 116 Å². The summed E-state index contributed by atoms with van der Waals surface area (Å²) in [5, 5.41) is 18.6. The number of unbranched alkanes of at least 4 members (excludes halogenated alkanes) is 1. The van der Waals surface area contributed by atoms with Crippen LogP contribution in [0.15, 0.2) is 0 Å². The number of amides is 1. The van der Waals surface area contributed by atoms with Gasteiger partial charge in [-0.25, -0.2) is 4.79 Å². The fourth-order valence-corrected chi connectivity index (χ4v) is 1.30. The van der Waals surface area contributed by atoms with E-state index in [-0.39, 0.29) is 11.7 Å². The molecule has 0 aromatic carbocycles. The third-order valence-corrected chi connectivity index (χ3v) is 2.47. The molecule has 0 aromatic rings. The Hall–Kier alpha value is -1.59. The van der Waals surface area contributed by atoms with Crippen molar-refractivity contribution in [2.45, 2.75) is 52.5 Å². The molecule has 0 aliphatic heterocycles. The van der Waals surface area contributed by atoms with Gasteiger partial charge in [0.1, 0.15) is 6.04 Å². The Morgan fingerprint density at radius 3 is 2.28 bits per heavy atom. The molecule has 0 aliphatic rings. The van der Waals surface area contributed by atoms with Crippen LogP contribution in [0.1, 0.15) is 46.5 Å². The van der Waals surface area contributed by atoms with Crippen molar-refractivity contribution >= 4 is 17.7 Å². The third kappa shape index (κ3) is 6.88. The van der Waals surface area contributed by atoms with Gasteiger partial charge in [-0.1, -0.05) is 27.2 Å². The second kappa shape index (κ2) is 6.98. The lowest BCUT2D eigenvalue weighted by molar-refractivity contribution is -0.143. The minimum absolute atomic E-state index is 0.0978. The molecule has 0 rings (SSSR count). The lowest BCUT2D eigenvalue weighted by Crippen LogP contribution is -2.45. The van der Waals surface area contributed by atoms with E-state index in [1.54, 1.807) is 20.8 Å². The molecule has 6 heteroatoms. The summed E-state index contributed by atoms with van der Waals surface area (Å²) >= 11 is 0. The van der Waals surface area contributed by atoms with Gasteiger partial charge >= 0.3 is 5.97 Å². The van der Waals surface area contributed by atoms with Gasteiger partial charge in [0.2, 0.25) is 5.91 Å². The molecule has 6 nitrogen and oxygen atoms in total. The van der Waals surface area contributed by atoms with Gasteiger partial charge in [-0.05, 0) is 12.8 Å². The number of carbonyl (C=O) groups is 2. The van der Waals surface area contributed by atoms with E-state index >= 15 is 0 Å². The van der Waals surface area contributed by atoms with Crippen molar-refractivity contribution in [1.82, 2.24) is 5.32 Å². The first-order valence-corrected chi connectivity index (χ1v) is 6.01. The van der Waals surface area contributed by atoms with Crippen molar-refractivity contribution in [3.05, 3.63) is 0 Å². The average Bonchev–Trinajstić information content (AvgIpc) is 2.19. The SMILES string of the molecule is CC(C)(C)C(=O)N[C@@H](CCCCC(=N)N)C(=O)O. The van der Waals surface area contributed by atoms with E-state index in [4.69, 9.17) is 16.2 Å². The van der Waals surface area contributed by atoms with Gasteiger partial charge < -0.3 is 16.2 Å². The minimum Gasteiger partial charge on any atom is -0.480 e. The number of aliphatic carboxylic acids is 1. The number of carboxylic acid groups (broad SMARTS) is 1. The minimum atomic E-state index is -1.03. The Labute approximate surface area is 107 Å². The second-order valence-corrected chi connectivity index (χ2v) is 5.39. The molecule has 0 aromatic heterocycles. The average molecular weight is 257 g/mol. The zero-order valence-electron chi connectivity index (χ0n) is 11.2. The molecule has 0 saturated heterocycles. The van der Waals surface area contributed by atoms with Gasteiger partial charge in [-0.15, -0.1) is 0 Å². The molecule has 18 heavy (non-hydrogen) atoms. The van der Waals surface area contributed by atoms with Crippen molar-refractivity contribution < 1.29 is 14.7 Å². The van der Waals surface area contributed by atoms with Crippen molar-refractivity contribution in [3.8, 4) is 0 Å². The van der Waals surface area contributed by atoms with Crippen molar-refractivity contribution in [2.75, 3.05) is 0 Å². The molecule has 0 heterocycles. The summed E-state index contributed by atoms with van der Waals surface area (Å²) in [6.45, 7) is 5.20. The predicted molar refractivity (Wildman–Crippen MR) is 69.4 cm³/mol. The lowest BCUT2D eigenvalue weighted by Gasteiger charge is -2.21. The van der Waals surface area contributed by atoms with Crippen molar-refractivity contribution in [1.29, 1.82) is 5.41 Å². The van der Waals surface area contributed by atoms with Gasteiger partial charge in [-0.3, -0.25) is 10.2 Å². The summed E-state index contributed by atoms with van der Waals surface area (Å²) in [5.41, 5.74) is 4.60. The van der Waals surface area contributed by atoms with Crippen LogP contribution >= 0.6 is 0 Å². The largest absolute Gasteiger partial charge is 0.480 e. The first kappa shape index (κ1) is 16.4. The maximum absolute atomic E-state index is 11.7. The number of hydrogen-bond donors (Lipinski definition) is 4. The van der Waals surface area contributed by atoms with Crippen molar-refractivity contribution in [3.63, 3.8) is 0 Å². The second-order valence-electron chi connectivity index (χ2n) is 5.39. The maximum Gasteiger partial charge on any atom is 0.326 e. The van der Waals surface area contributed by atoms with E-state index in [1.807, 2.05) is 0 Å². The van der Waals surface area contributed by atoms with E-state index in [0.29, 0.717) is 25.7 Å². The molecular formula is C12H23N3O3. The highest BCUT2D eigenvalue weighted by molar-refractivity contribution is 5.86. The quantitative estimate of drug-likeness (QED) is 0.310. The summed E-state index contributed by atoms with van der Waals surface area (Å²) in [7, 11) is 0. The Morgan fingerprint density at radius 1 is 1.33 bits per heavy atom. The lowest BCUT2D eigenvalue weighted by atomic mass is 9.94. The Bertz CT molecular complexity index is 321. The van der Waals surface area contributed by atoms with Crippen LogP contribution in [0.3, 0.4) is 0 Å². The summed E-state index contributed by atoms with van der Waals surface area (Å²) in [6, 6.07) is -0.872. The highest BCUT2D eigenvalue weighted by Gasteiger charge is 2.26. The number of carboxylic acids is 1. The standard InChI is InChI=1S/C12H23N3O3/c1-12(2,3)11(18)15-8(10(16)17)6-4-5-7-9(13)14/h8H,4-7H2,1-3H3,(H3,13,14)(H,15,18)(H,16,17)/t8-/m0/s1. The summed E-state index contributed by atoms with van der Waals surface area (Å²) in [6.07, 6.45) is 2.08. The molecule has 0 fully saturated rings. The Morgan fingerprint density at radius 2 is 1.89 bits per heavy atom. The first-order valence-electron chi connectivity index (χ1n) is 6.01. The molecular weight excluding hydrogens is 234 g/mol. The molecule has 0 unspecified atom stereocenters. The number of hydrogen-bond acceptors (Lipinski definition) is 3. The van der Waals surface area contributed by atoms with E-state index < -0.39 is 17.4 Å². The number of nitrogens with one attached hydrogen (secondary N) is 2. The van der Waals surface area contributed by atoms with Crippen LogP contribution in [0.4, 0.5) is 0 Å². The fraction of sp³-hybridized carbons (Fsp3) is 0.750. The Balaban J connectivity index is 4.21. The van der Waals surface area contributed by atoms with E-state index in [1.165, 1.54) is 0 Å². The zero-order valence-corrected chi connectivity index (χ0v) is 11.2. The number of nitrogens with two attached hydrogens (primary N) is 1.